The van der Waals surface area contributed by atoms with Gasteiger partial charge in [-0.1, -0.05) is 11.6 Å². The Hall–Kier alpha value is -2.82. The molecule has 0 bridgehead atoms. The molecule has 3 aromatic rings. The number of ether oxygens (including phenoxy) is 2. The fraction of sp³-hybridized carbons (Fsp3) is 0.286. The van der Waals surface area contributed by atoms with Crippen LogP contribution in [0.5, 0.6) is 11.6 Å². The fourth-order valence-corrected chi connectivity index (χ4v) is 4.97. The van der Waals surface area contributed by atoms with Gasteiger partial charge in [0.2, 0.25) is 11.8 Å². The topological polar surface area (TPSA) is 94.8 Å². The molecule has 4 rings (SSSR count). The Balaban J connectivity index is 1.65. The van der Waals surface area contributed by atoms with Crippen molar-refractivity contribution in [3.05, 3.63) is 61.4 Å². The minimum absolute atomic E-state index is 0.0721. The summed E-state index contributed by atoms with van der Waals surface area (Å²) in [6, 6.07) is 9.85. The molecule has 0 spiro atoms. The molecule has 3 heterocycles. The Morgan fingerprint density at radius 3 is 2.86 bits per heavy atom. The van der Waals surface area contributed by atoms with Gasteiger partial charge in [0.15, 0.2) is 0 Å². The van der Waals surface area contributed by atoms with Gasteiger partial charge in [-0.05, 0) is 50.6 Å². The van der Waals surface area contributed by atoms with E-state index in [0.29, 0.717) is 17.5 Å². The van der Waals surface area contributed by atoms with Crippen molar-refractivity contribution >= 4 is 28.8 Å². The number of aryl methyl sites for hydroxylation is 3. The van der Waals surface area contributed by atoms with Crippen LogP contribution < -0.4 is 9.47 Å². The van der Waals surface area contributed by atoms with Crippen LogP contribution in [0.4, 0.5) is 0 Å². The molecule has 0 aliphatic carbocycles. The van der Waals surface area contributed by atoms with Gasteiger partial charge in [-0.15, -0.1) is 16.4 Å². The lowest BCUT2D eigenvalue weighted by molar-refractivity contribution is 0.304. The average Bonchev–Trinajstić information content (AvgIpc) is 3.22. The van der Waals surface area contributed by atoms with Crippen molar-refractivity contribution in [2.45, 2.75) is 33.3 Å². The van der Waals surface area contributed by atoms with Gasteiger partial charge in [0.05, 0.1) is 12.0 Å². The fourth-order valence-electron chi connectivity index (χ4n) is 3.56. The smallest absolute Gasteiger partial charge is 0.243 e. The molecule has 2 atom stereocenters. The summed E-state index contributed by atoms with van der Waals surface area (Å²) in [4.78, 5) is 2.11. The summed E-state index contributed by atoms with van der Waals surface area (Å²) in [5, 5.41) is 25.6. The van der Waals surface area contributed by atoms with Crippen molar-refractivity contribution in [3.8, 4) is 17.7 Å². The molecule has 0 radical (unpaired) electrons. The number of halogens is 1. The maximum Gasteiger partial charge on any atom is 0.243 e. The normalized spacial score (nSPS) is 18.1. The van der Waals surface area contributed by atoms with Crippen LogP contribution in [0.25, 0.3) is 0 Å². The molecule has 2 unspecified atom stereocenters. The van der Waals surface area contributed by atoms with Crippen LogP contribution in [-0.2, 0) is 6.61 Å². The van der Waals surface area contributed by atoms with Gasteiger partial charge in [-0.25, -0.2) is 0 Å². The molecule has 2 aromatic heterocycles. The number of hydrogen-bond donors (Lipinski definition) is 2. The number of aromatic amines is 1. The van der Waals surface area contributed by atoms with E-state index in [4.69, 9.17) is 26.5 Å². The lowest BCUT2D eigenvalue weighted by atomic mass is 9.83. The van der Waals surface area contributed by atoms with Crippen LogP contribution in [0.3, 0.4) is 0 Å². The molecule has 2 N–H and O–H groups in total. The van der Waals surface area contributed by atoms with Crippen LogP contribution >= 0.6 is 22.9 Å². The molecule has 0 amide bonds. The number of nitriles is 1. The Morgan fingerprint density at radius 2 is 2.14 bits per heavy atom. The van der Waals surface area contributed by atoms with E-state index in [-0.39, 0.29) is 11.8 Å². The highest BCUT2D eigenvalue weighted by atomic mass is 35.5. The number of benzene rings is 1. The summed E-state index contributed by atoms with van der Waals surface area (Å²) in [6.07, 6.45) is 0. The van der Waals surface area contributed by atoms with E-state index in [0.717, 1.165) is 37.9 Å². The zero-order chi connectivity index (χ0) is 20.7. The van der Waals surface area contributed by atoms with Gasteiger partial charge in [0.1, 0.15) is 18.3 Å². The van der Waals surface area contributed by atoms with Crippen molar-refractivity contribution in [2.75, 3.05) is 0 Å². The number of aromatic nitrogens is 2. The van der Waals surface area contributed by atoms with E-state index in [1.165, 1.54) is 0 Å². The van der Waals surface area contributed by atoms with Gasteiger partial charge < -0.3 is 9.47 Å². The van der Waals surface area contributed by atoms with Crippen molar-refractivity contribution in [3.63, 3.8) is 0 Å². The van der Waals surface area contributed by atoms with Gasteiger partial charge in [0, 0.05) is 31.6 Å². The molecule has 8 heteroatoms. The van der Waals surface area contributed by atoms with Crippen molar-refractivity contribution < 1.29 is 9.47 Å². The molecular weight excluding hydrogens is 408 g/mol. The first-order chi connectivity index (χ1) is 13.9. The number of thiophene rings is 1. The minimum Gasteiger partial charge on any atom is -0.489 e. The quantitative estimate of drug-likeness (QED) is 0.594. The van der Waals surface area contributed by atoms with Crippen LogP contribution in [0, 0.1) is 43.4 Å². The molecule has 1 aliphatic rings. The zero-order valence-electron chi connectivity index (χ0n) is 16.2. The average molecular weight is 427 g/mol. The molecule has 29 heavy (non-hydrogen) atoms. The third-order valence-electron chi connectivity index (χ3n) is 5.10. The van der Waals surface area contributed by atoms with E-state index in [9.17, 15) is 5.26 Å². The highest BCUT2D eigenvalue weighted by Gasteiger charge is 2.40. The van der Waals surface area contributed by atoms with Gasteiger partial charge in [-0.2, -0.15) is 5.26 Å². The SMILES string of the molecule is Cc1cc(Cl)ccc1OCc1cc(C2c3c(n[nH]c3C)OC(=N)C2C#N)sc1C. The lowest BCUT2D eigenvalue weighted by Gasteiger charge is -2.26. The molecule has 148 valence electrons. The van der Waals surface area contributed by atoms with E-state index < -0.39 is 5.92 Å². The van der Waals surface area contributed by atoms with Crippen LogP contribution in [0.15, 0.2) is 24.3 Å². The predicted octanol–water partition coefficient (Wildman–Crippen LogP) is 5.27. The first kappa shape index (κ1) is 19.5. The maximum absolute atomic E-state index is 9.70. The van der Waals surface area contributed by atoms with E-state index in [1.807, 2.05) is 39.0 Å². The molecule has 0 saturated heterocycles. The number of H-pyrrole nitrogens is 1. The summed E-state index contributed by atoms with van der Waals surface area (Å²) in [6.45, 7) is 6.32. The van der Waals surface area contributed by atoms with E-state index in [1.54, 1.807) is 11.3 Å². The number of nitrogens with one attached hydrogen (secondary N) is 2. The van der Waals surface area contributed by atoms with Gasteiger partial charge >= 0.3 is 0 Å². The summed E-state index contributed by atoms with van der Waals surface area (Å²) >= 11 is 7.63. The Kier molecular flexibility index (Phi) is 5.07. The highest BCUT2D eigenvalue weighted by molar-refractivity contribution is 7.12. The molecule has 1 aromatic carbocycles. The van der Waals surface area contributed by atoms with Crippen molar-refractivity contribution in [1.82, 2.24) is 10.2 Å². The second kappa shape index (κ2) is 7.54. The monoisotopic (exact) mass is 426 g/mol. The Bertz CT molecular complexity index is 1140. The molecule has 0 saturated carbocycles. The first-order valence-corrected chi connectivity index (χ1v) is 10.3. The third-order valence-corrected chi connectivity index (χ3v) is 6.51. The largest absolute Gasteiger partial charge is 0.489 e. The Labute approximate surface area is 177 Å². The maximum atomic E-state index is 9.70. The summed E-state index contributed by atoms with van der Waals surface area (Å²) in [5.41, 5.74) is 3.72. The summed E-state index contributed by atoms with van der Waals surface area (Å²) in [5.74, 6) is 0.118. The van der Waals surface area contributed by atoms with Gasteiger partial charge in [0.25, 0.3) is 0 Å². The highest BCUT2D eigenvalue weighted by Crippen LogP contribution is 2.45. The molecule has 6 nitrogen and oxygen atoms in total. The van der Waals surface area contributed by atoms with Crippen LogP contribution in [0.1, 0.15) is 38.1 Å². The van der Waals surface area contributed by atoms with Crippen LogP contribution in [-0.4, -0.2) is 16.1 Å². The second-order valence-electron chi connectivity index (χ2n) is 7.05. The van der Waals surface area contributed by atoms with Gasteiger partial charge in [-0.3, -0.25) is 10.5 Å². The number of rotatable bonds is 4. The van der Waals surface area contributed by atoms with E-state index in [2.05, 4.69) is 22.3 Å². The Morgan fingerprint density at radius 1 is 1.34 bits per heavy atom. The lowest BCUT2D eigenvalue weighted by Crippen LogP contribution is -2.30. The standard InChI is InChI=1S/C21H19ClN4O2S/c1-10-6-14(22)4-5-16(10)27-9-13-7-17(29-12(13)3)19-15(8-23)20(24)28-21-18(19)11(2)25-26-21/h4-7,15,19,24H,9H2,1-3H3,(H,25,26). The second-order valence-corrected chi connectivity index (χ2v) is 8.77. The zero-order valence-corrected chi connectivity index (χ0v) is 17.7. The first-order valence-electron chi connectivity index (χ1n) is 9.08. The molecular formula is C21H19ClN4O2S. The number of nitrogens with zero attached hydrogens (tertiary/aromatic N) is 2. The van der Waals surface area contributed by atoms with Crippen molar-refractivity contribution in [2.24, 2.45) is 5.92 Å². The van der Waals surface area contributed by atoms with Crippen molar-refractivity contribution in [1.29, 1.82) is 10.7 Å². The predicted molar refractivity (Wildman–Crippen MR) is 112 cm³/mol. The molecule has 1 aliphatic heterocycles. The summed E-state index contributed by atoms with van der Waals surface area (Å²) in [7, 11) is 0. The summed E-state index contributed by atoms with van der Waals surface area (Å²) < 4.78 is 11.5. The minimum atomic E-state index is -0.691. The number of hydrogen-bond acceptors (Lipinski definition) is 6. The number of fused-ring (bicyclic) bond motifs is 1. The van der Waals surface area contributed by atoms with Crippen LogP contribution in [0.2, 0.25) is 5.02 Å². The van der Waals surface area contributed by atoms with E-state index >= 15 is 0 Å². The third kappa shape index (κ3) is 3.50. The molecule has 0 fully saturated rings.